The number of nitrogens with zero attached hydrogens (tertiary/aromatic N) is 3. The highest BCUT2D eigenvalue weighted by atomic mass is 19.1. The maximum absolute atomic E-state index is 14.8. The quantitative estimate of drug-likeness (QED) is 0.849. The van der Waals surface area contributed by atoms with Crippen LogP contribution >= 0.6 is 0 Å². The molecule has 1 N–H and O–H groups in total. The Morgan fingerprint density at radius 1 is 1.25 bits per heavy atom. The molecule has 2 amide bonds. The molecule has 154 valence electrons. The summed E-state index contributed by atoms with van der Waals surface area (Å²) in [6.45, 7) is 8.02. The molecule has 1 aromatic carbocycles. The molecule has 0 aliphatic carbocycles. The summed E-state index contributed by atoms with van der Waals surface area (Å²) in [4.78, 5) is 28.7. The van der Waals surface area contributed by atoms with Crippen LogP contribution < -0.4 is 9.80 Å². The van der Waals surface area contributed by atoms with Crippen molar-refractivity contribution in [3.8, 4) is 0 Å². The second-order valence-corrected chi connectivity index (χ2v) is 8.54. The molecular weight excluding hydrogens is 365 g/mol. The number of halogens is 1. The van der Waals surface area contributed by atoms with Gasteiger partial charge in [-0.15, -0.1) is 0 Å². The van der Waals surface area contributed by atoms with Crippen LogP contribution in [0, 0.1) is 11.2 Å². The largest absolute Gasteiger partial charge is 0.444 e. The molecule has 0 bridgehead atoms. The lowest BCUT2D eigenvalue weighted by molar-refractivity contribution is -0.134. The fraction of sp³-hybridized carbons (Fsp3) is 0.600. The molecular formula is C20H28FN3O4. The van der Waals surface area contributed by atoms with Crippen LogP contribution in [-0.2, 0) is 9.53 Å². The summed E-state index contributed by atoms with van der Waals surface area (Å²) in [5.41, 5.74) is 0.964. The molecule has 2 aliphatic rings. The molecule has 0 radical (unpaired) electrons. The summed E-state index contributed by atoms with van der Waals surface area (Å²) in [7, 11) is 0. The van der Waals surface area contributed by atoms with Crippen molar-refractivity contribution >= 4 is 23.4 Å². The number of aliphatic hydroxyl groups is 1. The molecule has 3 rings (SSSR count). The van der Waals surface area contributed by atoms with Gasteiger partial charge in [0.05, 0.1) is 17.9 Å². The molecule has 0 spiro atoms. The van der Waals surface area contributed by atoms with E-state index in [1.807, 2.05) is 4.90 Å². The minimum atomic E-state index is -0.509. The smallest absolute Gasteiger partial charge is 0.414 e. The molecule has 28 heavy (non-hydrogen) atoms. The third-order valence-electron chi connectivity index (χ3n) is 5.07. The van der Waals surface area contributed by atoms with E-state index >= 15 is 0 Å². The molecule has 8 heteroatoms. The van der Waals surface area contributed by atoms with E-state index in [1.165, 1.54) is 11.0 Å². The predicted octanol–water partition coefficient (Wildman–Crippen LogP) is 2.23. The number of hydrogen-bond donors (Lipinski definition) is 1. The van der Waals surface area contributed by atoms with Crippen LogP contribution in [0.5, 0.6) is 0 Å². The molecule has 7 nitrogen and oxygen atoms in total. The van der Waals surface area contributed by atoms with Gasteiger partial charge >= 0.3 is 6.09 Å². The van der Waals surface area contributed by atoms with E-state index in [2.05, 4.69) is 20.8 Å². The lowest BCUT2D eigenvalue weighted by Gasteiger charge is -2.36. The van der Waals surface area contributed by atoms with Gasteiger partial charge in [-0.05, 0) is 30.0 Å². The van der Waals surface area contributed by atoms with Crippen molar-refractivity contribution < 1.29 is 23.8 Å². The third kappa shape index (κ3) is 4.55. The van der Waals surface area contributed by atoms with Gasteiger partial charge in [0.2, 0.25) is 5.91 Å². The number of anilines is 2. The Labute approximate surface area is 164 Å². The molecule has 2 fully saturated rings. The Hall–Kier alpha value is -2.35. The summed E-state index contributed by atoms with van der Waals surface area (Å²) in [5.74, 6) is -0.723. The van der Waals surface area contributed by atoms with Crippen LogP contribution in [0.3, 0.4) is 0 Å². The third-order valence-corrected chi connectivity index (χ3v) is 5.07. The Balaban J connectivity index is 1.66. The van der Waals surface area contributed by atoms with Gasteiger partial charge < -0.3 is 19.6 Å². The Bertz CT molecular complexity index is 741. The van der Waals surface area contributed by atoms with Gasteiger partial charge in [-0.1, -0.05) is 20.8 Å². The lowest BCUT2D eigenvalue weighted by Crippen LogP contribution is -2.49. The Morgan fingerprint density at radius 2 is 1.93 bits per heavy atom. The number of aliphatic hydroxyl groups excluding tert-OH is 1. The number of amides is 2. The SMILES string of the molecule is CC(C)(C)C[C@H]1CN(c2ccc(N3CCN(C(=O)CO)CC3)c(F)c2)C(=O)O1. The van der Waals surface area contributed by atoms with Crippen LogP contribution in [0.2, 0.25) is 0 Å². The molecule has 2 saturated heterocycles. The van der Waals surface area contributed by atoms with Gasteiger partial charge in [-0.3, -0.25) is 9.69 Å². The number of carbonyl (C=O) groups excluding carboxylic acids is 2. The van der Waals surface area contributed by atoms with E-state index in [0.717, 1.165) is 6.42 Å². The zero-order valence-corrected chi connectivity index (χ0v) is 16.7. The zero-order valence-electron chi connectivity index (χ0n) is 16.7. The molecule has 1 aromatic rings. The number of cyclic esters (lactones) is 1. The fourth-order valence-electron chi connectivity index (χ4n) is 3.74. The second kappa shape index (κ2) is 7.95. The molecule has 2 heterocycles. The molecule has 0 saturated carbocycles. The van der Waals surface area contributed by atoms with Gasteiger partial charge in [-0.25, -0.2) is 9.18 Å². The van der Waals surface area contributed by atoms with Crippen LogP contribution in [0.15, 0.2) is 18.2 Å². The maximum atomic E-state index is 14.8. The monoisotopic (exact) mass is 393 g/mol. The predicted molar refractivity (Wildman–Crippen MR) is 104 cm³/mol. The first-order chi connectivity index (χ1) is 13.2. The van der Waals surface area contributed by atoms with E-state index in [1.54, 1.807) is 17.0 Å². The van der Waals surface area contributed by atoms with Crippen molar-refractivity contribution in [2.75, 3.05) is 49.1 Å². The van der Waals surface area contributed by atoms with E-state index in [-0.39, 0.29) is 17.4 Å². The van der Waals surface area contributed by atoms with E-state index < -0.39 is 18.5 Å². The Kier molecular flexibility index (Phi) is 5.79. The number of hydrogen-bond acceptors (Lipinski definition) is 5. The molecule has 2 aliphatic heterocycles. The first-order valence-electron chi connectivity index (χ1n) is 9.59. The minimum absolute atomic E-state index is 0.0373. The van der Waals surface area contributed by atoms with Crippen molar-refractivity contribution in [2.45, 2.75) is 33.3 Å². The van der Waals surface area contributed by atoms with Crippen LogP contribution in [0.25, 0.3) is 0 Å². The van der Waals surface area contributed by atoms with Crippen molar-refractivity contribution in [3.63, 3.8) is 0 Å². The number of rotatable bonds is 4. The first kappa shape index (κ1) is 20.4. The molecule has 0 unspecified atom stereocenters. The highest BCUT2D eigenvalue weighted by Gasteiger charge is 2.35. The highest BCUT2D eigenvalue weighted by molar-refractivity contribution is 5.90. The van der Waals surface area contributed by atoms with Gasteiger partial charge in [0.15, 0.2) is 0 Å². The van der Waals surface area contributed by atoms with Gasteiger partial charge in [-0.2, -0.15) is 0 Å². The van der Waals surface area contributed by atoms with Crippen LogP contribution in [-0.4, -0.2) is 67.4 Å². The first-order valence-corrected chi connectivity index (χ1v) is 9.59. The maximum Gasteiger partial charge on any atom is 0.414 e. The number of benzene rings is 1. The fourth-order valence-corrected chi connectivity index (χ4v) is 3.74. The zero-order chi connectivity index (χ0) is 20.5. The summed E-state index contributed by atoms with van der Waals surface area (Å²) < 4.78 is 20.2. The normalized spacial score (nSPS) is 20.5. The average Bonchev–Trinajstić information content (AvgIpc) is 2.99. The van der Waals surface area contributed by atoms with Gasteiger partial charge in [0.1, 0.15) is 18.5 Å². The van der Waals surface area contributed by atoms with Crippen LogP contribution in [0.1, 0.15) is 27.2 Å². The molecule has 1 atom stereocenters. The Morgan fingerprint density at radius 3 is 2.50 bits per heavy atom. The van der Waals surface area contributed by atoms with Crippen molar-refractivity contribution in [3.05, 3.63) is 24.0 Å². The van der Waals surface area contributed by atoms with Crippen molar-refractivity contribution in [1.82, 2.24) is 4.90 Å². The number of piperazine rings is 1. The van der Waals surface area contributed by atoms with Crippen molar-refractivity contribution in [2.24, 2.45) is 5.41 Å². The van der Waals surface area contributed by atoms with E-state index in [9.17, 15) is 14.0 Å². The lowest BCUT2D eigenvalue weighted by atomic mass is 9.89. The summed E-state index contributed by atoms with van der Waals surface area (Å²) >= 11 is 0. The number of carbonyl (C=O) groups is 2. The summed E-state index contributed by atoms with van der Waals surface area (Å²) in [5, 5.41) is 8.94. The number of ether oxygens (including phenoxy) is 1. The van der Waals surface area contributed by atoms with E-state index in [4.69, 9.17) is 9.84 Å². The van der Waals surface area contributed by atoms with Gasteiger partial charge in [0.25, 0.3) is 0 Å². The minimum Gasteiger partial charge on any atom is -0.444 e. The standard InChI is InChI=1S/C20H28FN3O4/c1-20(2,3)11-15-12-24(19(27)28-15)14-4-5-17(16(21)10-14)22-6-8-23(9-7-22)18(26)13-25/h4-5,10,15,25H,6-9,11-13H2,1-3H3/t15-/m0/s1. The van der Waals surface area contributed by atoms with Crippen LogP contribution in [0.4, 0.5) is 20.6 Å². The molecule has 0 aromatic heterocycles. The van der Waals surface area contributed by atoms with Gasteiger partial charge in [0, 0.05) is 26.2 Å². The van der Waals surface area contributed by atoms with Crippen molar-refractivity contribution in [1.29, 1.82) is 0 Å². The summed E-state index contributed by atoms with van der Waals surface area (Å²) in [6.07, 6.45) is 0.0945. The average molecular weight is 393 g/mol. The van der Waals surface area contributed by atoms with E-state index in [0.29, 0.717) is 44.1 Å². The second-order valence-electron chi connectivity index (χ2n) is 8.54. The highest BCUT2D eigenvalue weighted by Crippen LogP contribution is 2.31. The summed E-state index contributed by atoms with van der Waals surface area (Å²) in [6, 6.07) is 4.75. The topological polar surface area (TPSA) is 73.3 Å².